The SMILES string of the molecule is CCNC(COC)Cn1cccnc1=O. The largest absolute Gasteiger partial charge is 0.383 e. The predicted octanol–water partition coefficient (Wildman–Crippen LogP) is -0.132. The van der Waals surface area contributed by atoms with Crippen molar-refractivity contribution in [3.8, 4) is 0 Å². The minimum Gasteiger partial charge on any atom is -0.383 e. The van der Waals surface area contributed by atoms with Gasteiger partial charge in [-0.3, -0.25) is 4.57 Å². The summed E-state index contributed by atoms with van der Waals surface area (Å²) in [5, 5.41) is 3.25. The second kappa shape index (κ2) is 6.31. The number of nitrogens with one attached hydrogen (secondary N) is 1. The van der Waals surface area contributed by atoms with Crippen LogP contribution < -0.4 is 11.0 Å². The van der Waals surface area contributed by atoms with Crippen LogP contribution in [0.2, 0.25) is 0 Å². The van der Waals surface area contributed by atoms with Crippen molar-refractivity contribution in [2.24, 2.45) is 0 Å². The second-order valence-electron chi connectivity index (χ2n) is 3.26. The molecule has 5 nitrogen and oxygen atoms in total. The summed E-state index contributed by atoms with van der Waals surface area (Å²) in [5.41, 5.74) is -0.225. The number of methoxy groups -OCH3 is 1. The fourth-order valence-electron chi connectivity index (χ4n) is 1.43. The first-order chi connectivity index (χ1) is 7.27. The summed E-state index contributed by atoms with van der Waals surface area (Å²) in [6.45, 7) is 4.03. The molecule has 0 amide bonds. The van der Waals surface area contributed by atoms with Crippen molar-refractivity contribution in [1.82, 2.24) is 14.9 Å². The number of ether oxygens (including phenoxy) is 1. The summed E-state index contributed by atoms with van der Waals surface area (Å²) in [5.74, 6) is 0. The van der Waals surface area contributed by atoms with Gasteiger partial charge in [0.05, 0.1) is 6.61 Å². The van der Waals surface area contributed by atoms with Crippen molar-refractivity contribution in [3.63, 3.8) is 0 Å². The van der Waals surface area contributed by atoms with Crippen molar-refractivity contribution >= 4 is 0 Å². The quantitative estimate of drug-likeness (QED) is 0.712. The molecule has 1 aromatic rings. The second-order valence-corrected chi connectivity index (χ2v) is 3.26. The van der Waals surface area contributed by atoms with Crippen molar-refractivity contribution < 1.29 is 4.74 Å². The van der Waals surface area contributed by atoms with Crippen LogP contribution >= 0.6 is 0 Å². The molecule has 0 aliphatic heterocycles. The lowest BCUT2D eigenvalue weighted by Gasteiger charge is -2.17. The Bertz CT molecular complexity index is 331. The summed E-state index contributed by atoms with van der Waals surface area (Å²) in [7, 11) is 1.65. The Kier molecular flexibility index (Phi) is 5.00. The average Bonchev–Trinajstić information content (AvgIpc) is 2.22. The molecule has 1 heterocycles. The van der Waals surface area contributed by atoms with E-state index in [2.05, 4.69) is 10.3 Å². The van der Waals surface area contributed by atoms with Gasteiger partial charge in [-0.2, -0.15) is 0 Å². The maximum absolute atomic E-state index is 11.3. The standard InChI is InChI=1S/C10H17N3O2/c1-3-11-9(8-15-2)7-13-6-4-5-12-10(13)14/h4-6,9,11H,3,7-8H2,1-2H3. The number of likely N-dealkylation sites (N-methyl/N-ethyl adjacent to an activating group) is 1. The van der Waals surface area contributed by atoms with Crippen LogP contribution in [0.1, 0.15) is 6.92 Å². The van der Waals surface area contributed by atoms with Gasteiger partial charge in [-0.15, -0.1) is 0 Å². The highest BCUT2D eigenvalue weighted by Crippen LogP contribution is 1.90. The fraction of sp³-hybridized carbons (Fsp3) is 0.600. The molecule has 84 valence electrons. The molecule has 0 spiro atoms. The zero-order chi connectivity index (χ0) is 11.1. The van der Waals surface area contributed by atoms with Crippen molar-refractivity contribution in [1.29, 1.82) is 0 Å². The van der Waals surface area contributed by atoms with Gasteiger partial charge in [-0.05, 0) is 12.6 Å². The molecule has 1 atom stereocenters. The Morgan fingerprint density at radius 3 is 3.07 bits per heavy atom. The van der Waals surface area contributed by atoms with E-state index in [1.807, 2.05) is 6.92 Å². The van der Waals surface area contributed by atoms with Gasteiger partial charge in [0.25, 0.3) is 0 Å². The molecule has 0 bridgehead atoms. The van der Waals surface area contributed by atoms with Gasteiger partial charge in [0.2, 0.25) is 0 Å². The maximum Gasteiger partial charge on any atom is 0.347 e. The van der Waals surface area contributed by atoms with Crippen LogP contribution in [0.3, 0.4) is 0 Å². The van der Waals surface area contributed by atoms with Gasteiger partial charge in [0.15, 0.2) is 0 Å². The Morgan fingerprint density at radius 2 is 2.47 bits per heavy atom. The first kappa shape index (κ1) is 11.9. The normalized spacial score (nSPS) is 12.7. The Morgan fingerprint density at radius 1 is 1.67 bits per heavy atom. The Labute approximate surface area is 89.1 Å². The molecule has 0 fully saturated rings. The topological polar surface area (TPSA) is 56.1 Å². The minimum absolute atomic E-state index is 0.141. The molecule has 1 aromatic heterocycles. The fourth-order valence-corrected chi connectivity index (χ4v) is 1.43. The van der Waals surface area contributed by atoms with E-state index in [4.69, 9.17) is 4.74 Å². The van der Waals surface area contributed by atoms with Crippen LogP contribution in [0.5, 0.6) is 0 Å². The molecule has 0 aromatic carbocycles. The van der Waals surface area contributed by atoms with E-state index in [9.17, 15) is 4.79 Å². The van der Waals surface area contributed by atoms with Gasteiger partial charge in [0.1, 0.15) is 0 Å². The Hall–Kier alpha value is -1.20. The lowest BCUT2D eigenvalue weighted by atomic mass is 10.3. The van der Waals surface area contributed by atoms with Crippen LogP contribution in [0.25, 0.3) is 0 Å². The molecule has 15 heavy (non-hydrogen) atoms. The van der Waals surface area contributed by atoms with Crippen molar-refractivity contribution in [2.75, 3.05) is 20.3 Å². The van der Waals surface area contributed by atoms with E-state index in [0.29, 0.717) is 13.2 Å². The molecule has 0 aliphatic carbocycles. The molecule has 0 radical (unpaired) electrons. The van der Waals surface area contributed by atoms with Crippen molar-refractivity contribution in [3.05, 3.63) is 28.9 Å². The van der Waals surface area contributed by atoms with Crippen LogP contribution in [0, 0.1) is 0 Å². The summed E-state index contributed by atoms with van der Waals surface area (Å²) in [6.07, 6.45) is 3.23. The third-order valence-electron chi connectivity index (χ3n) is 2.06. The zero-order valence-corrected chi connectivity index (χ0v) is 9.14. The van der Waals surface area contributed by atoms with Crippen LogP contribution in [0.4, 0.5) is 0 Å². The molecule has 0 saturated heterocycles. The number of hydrogen-bond acceptors (Lipinski definition) is 4. The van der Waals surface area contributed by atoms with Crippen LogP contribution in [-0.2, 0) is 11.3 Å². The smallest absolute Gasteiger partial charge is 0.347 e. The van der Waals surface area contributed by atoms with E-state index >= 15 is 0 Å². The van der Waals surface area contributed by atoms with E-state index < -0.39 is 0 Å². The number of aromatic nitrogens is 2. The Balaban J connectivity index is 2.65. The van der Waals surface area contributed by atoms with Gasteiger partial charge >= 0.3 is 5.69 Å². The lowest BCUT2D eigenvalue weighted by Crippen LogP contribution is -2.39. The number of nitrogens with zero attached hydrogens (tertiary/aromatic N) is 2. The first-order valence-electron chi connectivity index (χ1n) is 5.01. The molecule has 1 unspecified atom stereocenters. The predicted molar refractivity (Wildman–Crippen MR) is 57.8 cm³/mol. The van der Waals surface area contributed by atoms with Gasteiger partial charge in [-0.25, -0.2) is 9.78 Å². The van der Waals surface area contributed by atoms with Gasteiger partial charge < -0.3 is 10.1 Å². The van der Waals surface area contributed by atoms with E-state index in [-0.39, 0.29) is 11.7 Å². The third kappa shape index (κ3) is 3.81. The summed E-state index contributed by atoms with van der Waals surface area (Å²) < 4.78 is 6.65. The average molecular weight is 211 g/mol. The zero-order valence-electron chi connectivity index (χ0n) is 9.14. The van der Waals surface area contributed by atoms with E-state index in [1.54, 1.807) is 23.9 Å². The minimum atomic E-state index is -0.225. The van der Waals surface area contributed by atoms with Gasteiger partial charge in [0, 0.05) is 32.1 Å². The lowest BCUT2D eigenvalue weighted by molar-refractivity contribution is 0.159. The van der Waals surface area contributed by atoms with Gasteiger partial charge in [-0.1, -0.05) is 6.92 Å². The first-order valence-corrected chi connectivity index (χ1v) is 5.01. The van der Waals surface area contributed by atoms with E-state index in [1.165, 1.54) is 6.20 Å². The summed E-state index contributed by atoms with van der Waals surface area (Å²) >= 11 is 0. The van der Waals surface area contributed by atoms with Crippen LogP contribution in [0.15, 0.2) is 23.3 Å². The molecule has 0 aliphatic rings. The highest BCUT2D eigenvalue weighted by Gasteiger charge is 2.08. The highest BCUT2D eigenvalue weighted by molar-refractivity contribution is 4.82. The summed E-state index contributed by atoms with van der Waals surface area (Å²) in [4.78, 5) is 15.0. The molecule has 5 heteroatoms. The van der Waals surface area contributed by atoms with Crippen LogP contribution in [-0.4, -0.2) is 35.9 Å². The highest BCUT2D eigenvalue weighted by atomic mass is 16.5. The monoisotopic (exact) mass is 211 g/mol. The molecular formula is C10H17N3O2. The van der Waals surface area contributed by atoms with E-state index in [0.717, 1.165) is 6.54 Å². The molecule has 1 rings (SSSR count). The molecule has 0 saturated carbocycles. The maximum atomic E-state index is 11.3. The van der Waals surface area contributed by atoms with Crippen molar-refractivity contribution in [2.45, 2.75) is 19.5 Å². The number of rotatable bonds is 6. The molecule has 1 N–H and O–H groups in total. The molecular weight excluding hydrogens is 194 g/mol. The third-order valence-corrected chi connectivity index (χ3v) is 2.06. The summed E-state index contributed by atoms with van der Waals surface area (Å²) in [6, 6.07) is 1.89. The number of hydrogen-bond donors (Lipinski definition) is 1.